The van der Waals surface area contributed by atoms with Gasteiger partial charge in [-0.2, -0.15) is 0 Å². The fourth-order valence-electron chi connectivity index (χ4n) is 1.69. The first-order chi connectivity index (χ1) is 11.1. The molecule has 138 valence electrons. The van der Waals surface area contributed by atoms with Crippen molar-refractivity contribution in [2.45, 2.75) is 51.7 Å². The van der Waals surface area contributed by atoms with E-state index in [-0.39, 0.29) is 13.2 Å². The molecule has 0 bridgehead atoms. The molecule has 0 saturated carbocycles. The average molecular weight is 342 g/mol. The van der Waals surface area contributed by atoms with E-state index in [1.807, 2.05) is 27.7 Å². The summed E-state index contributed by atoms with van der Waals surface area (Å²) in [6.45, 7) is 15.7. The first-order valence-electron chi connectivity index (χ1n) is 7.98. The van der Waals surface area contributed by atoms with Crippen LogP contribution < -0.4 is 0 Å². The van der Waals surface area contributed by atoms with Crippen molar-refractivity contribution in [2.24, 2.45) is 0 Å². The zero-order valence-corrected chi connectivity index (χ0v) is 15.3. The summed E-state index contributed by atoms with van der Waals surface area (Å²) in [5, 5.41) is 0. The van der Waals surface area contributed by atoms with Crippen LogP contribution in [0.15, 0.2) is 25.3 Å². The summed E-state index contributed by atoms with van der Waals surface area (Å²) in [5.74, 6) is -0.892. The molecule has 0 rings (SSSR count). The van der Waals surface area contributed by atoms with Crippen molar-refractivity contribution >= 4 is 11.9 Å². The first kappa shape index (κ1) is 22.3. The minimum absolute atomic E-state index is 0.190. The molecule has 0 aromatic carbocycles. The van der Waals surface area contributed by atoms with Crippen molar-refractivity contribution in [1.82, 2.24) is 0 Å². The molecule has 24 heavy (non-hydrogen) atoms. The Kier molecular flexibility index (Phi) is 10.2. The van der Waals surface area contributed by atoms with E-state index in [0.717, 1.165) is 12.2 Å². The first-order valence-corrected chi connectivity index (χ1v) is 7.98. The van der Waals surface area contributed by atoms with Gasteiger partial charge >= 0.3 is 11.9 Å². The lowest BCUT2D eigenvalue weighted by molar-refractivity contribution is -0.143. The molecule has 0 atom stereocenters. The summed E-state index contributed by atoms with van der Waals surface area (Å²) in [4.78, 5) is 21.9. The molecule has 0 aliphatic rings. The van der Waals surface area contributed by atoms with Crippen LogP contribution in [0.3, 0.4) is 0 Å². The van der Waals surface area contributed by atoms with Gasteiger partial charge in [-0.15, -0.1) is 0 Å². The molecule has 0 unspecified atom stereocenters. The quantitative estimate of drug-likeness (QED) is 0.291. The molecular weight excluding hydrogens is 312 g/mol. The van der Waals surface area contributed by atoms with Crippen LogP contribution in [-0.4, -0.2) is 49.6 Å². The molecule has 0 fully saturated rings. The number of rotatable bonds is 13. The van der Waals surface area contributed by atoms with E-state index < -0.39 is 23.1 Å². The number of carbonyl (C=O) groups is 2. The minimum atomic E-state index is -0.460. The Labute approximate surface area is 144 Å². The molecule has 0 N–H and O–H groups in total. The third-order valence-corrected chi connectivity index (χ3v) is 3.30. The van der Waals surface area contributed by atoms with E-state index in [4.69, 9.17) is 18.9 Å². The predicted molar refractivity (Wildman–Crippen MR) is 91.6 cm³/mol. The second-order valence-electron chi connectivity index (χ2n) is 6.46. The van der Waals surface area contributed by atoms with Gasteiger partial charge in [0.15, 0.2) is 0 Å². The third kappa shape index (κ3) is 11.8. The third-order valence-electron chi connectivity index (χ3n) is 3.30. The highest BCUT2D eigenvalue weighted by Crippen LogP contribution is 2.19. The molecule has 0 heterocycles. The Morgan fingerprint density at radius 3 is 1.67 bits per heavy atom. The van der Waals surface area contributed by atoms with Crippen LogP contribution in [0, 0.1) is 0 Å². The maximum atomic E-state index is 11.0. The number of ether oxygens (including phenoxy) is 4. The largest absolute Gasteiger partial charge is 0.462 e. The second-order valence-corrected chi connectivity index (χ2v) is 6.46. The van der Waals surface area contributed by atoms with Crippen molar-refractivity contribution in [3.8, 4) is 0 Å². The van der Waals surface area contributed by atoms with E-state index in [1.165, 1.54) is 0 Å². The Bertz CT molecular complexity index is 425. The highest BCUT2D eigenvalue weighted by molar-refractivity contribution is 5.81. The van der Waals surface area contributed by atoms with Crippen LogP contribution in [0.5, 0.6) is 0 Å². The normalized spacial score (nSPS) is 11.7. The summed E-state index contributed by atoms with van der Waals surface area (Å²) >= 11 is 0. The van der Waals surface area contributed by atoms with Gasteiger partial charge in [0.25, 0.3) is 0 Å². The van der Waals surface area contributed by atoms with E-state index in [1.54, 1.807) is 0 Å². The van der Waals surface area contributed by atoms with Crippen LogP contribution in [0.25, 0.3) is 0 Å². The fraction of sp³-hybridized carbons (Fsp3) is 0.667. The van der Waals surface area contributed by atoms with Crippen LogP contribution in [-0.2, 0) is 28.5 Å². The van der Waals surface area contributed by atoms with Crippen LogP contribution in [0.2, 0.25) is 0 Å². The standard InChI is InChI=1S/C18H30O6/c1-7-15(19)21-11-9-17(3,4)23-12-10-18(5,6)24-14-13-22-16(20)8-2/h7-8H,1-2,9-14H2,3-6H3. The summed E-state index contributed by atoms with van der Waals surface area (Å²) < 4.78 is 21.4. The molecule has 6 heteroatoms. The minimum Gasteiger partial charge on any atom is -0.462 e. The smallest absolute Gasteiger partial charge is 0.330 e. The summed E-state index contributed by atoms with van der Waals surface area (Å²) in [7, 11) is 0. The molecule has 0 aromatic rings. The number of esters is 2. The van der Waals surface area contributed by atoms with Crippen molar-refractivity contribution in [3.05, 3.63) is 25.3 Å². The summed E-state index contributed by atoms with van der Waals surface area (Å²) in [5.41, 5.74) is -0.803. The zero-order valence-electron chi connectivity index (χ0n) is 15.3. The topological polar surface area (TPSA) is 71.1 Å². The van der Waals surface area contributed by atoms with Gasteiger partial charge in [0.2, 0.25) is 0 Å². The van der Waals surface area contributed by atoms with E-state index in [0.29, 0.717) is 26.1 Å². The highest BCUT2D eigenvalue weighted by Gasteiger charge is 2.23. The number of carbonyl (C=O) groups excluding carboxylic acids is 2. The van der Waals surface area contributed by atoms with E-state index >= 15 is 0 Å². The predicted octanol–water partition coefficient (Wildman–Crippen LogP) is 2.82. The average Bonchev–Trinajstić information content (AvgIpc) is 2.50. The maximum absolute atomic E-state index is 11.0. The van der Waals surface area contributed by atoms with Crippen molar-refractivity contribution in [3.63, 3.8) is 0 Å². The molecule has 0 aliphatic heterocycles. The molecular formula is C18H30O6. The molecule has 0 amide bonds. The molecule has 0 aromatic heterocycles. The second kappa shape index (κ2) is 11.0. The Hall–Kier alpha value is -1.66. The summed E-state index contributed by atoms with van der Waals surface area (Å²) in [6.07, 6.45) is 3.52. The maximum Gasteiger partial charge on any atom is 0.330 e. The van der Waals surface area contributed by atoms with Gasteiger partial charge in [-0.3, -0.25) is 0 Å². The van der Waals surface area contributed by atoms with Gasteiger partial charge in [0.1, 0.15) is 6.61 Å². The highest BCUT2D eigenvalue weighted by atomic mass is 16.6. The van der Waals surface area contributed by atoms with Crippen LogP contribution >= 0.6 is 0 Å². The van der Waals surface area contributed by atoms with Crippen molar-refractivity contribution < 1.29 is 28.5 Å². The SMILES string of the molecule is C=CC(=O)OCCOC(C)(C)CCOC(C)(C)CCOC(=O)C=C. The van der Waals surface area contributed by atoms with Gasteiger partial charge in [-0.1, -0.05) is 13.2 Å². The van der Waals surface area contributed by atoms with E-state index in [9.17, 15) is 9.59 Å². The lowest BCUT2D eigenvalue weighted by Gasteiger charge is -2.29. The molecule has 0 radical (unpaired) electrons. The summed E-state index contributed by atoms with van der Waals surface area (Å²) in [6, 6.07) is 0. The Balaban J connectivity index is 3.95. The molecule has 6 nitrogen and oxygen atoms in total. The van der Waals surface area contributed by atoms with Gasteiger partial charge in [-0.05, 0) is 34.1 Å². The van der Waals surface area contributed by atoms with Crippen LogP contribution in [0.4, 0.5) is 0 Å². The lowest BCUT2D eigenvalue weighted by atomic mass is 10.0. The van der Waals surface area contributed by atoms with Crippen LogP contribution in [0.1, 0.15) is 40.5 Å². The molecule has 0 spiro atoms. The fourth-order valence-corrected chi connectivity index (χ4v) is 1.69. The Morgan fingerprint density at radius 1 is 0.750 bits per heavy atom. The lowest BCUT2D eigenvalue weighted by Crippen LogP contribution is -2.32. The Morgan fingerprint density at radius 2 is 1.17 bits per heavy atom. The zero-order chi connectivity index (χ0) is 18.6. The van der Waals surface area contributed by atoms with Gasteiger partial charge in [0.05, 0.1) is 31.0 Å². The van der Waals surface area contributed by atoms with Gasteiger partial charge in [0, 0.05) is 18.6 Å². The number of hydrogen-bond donors (Lipinski definition) is 0. The van der Waals surface area contributed by atoms with Crippen molar-refractivity contribution in [1.29, 1.82) is 0 Å². The molecule has 0 aliphatic carbocycles. The van der Waals surface area contributed by atoms with Gasteiger partial charge in [-0.25, -0.2) is 9.59 Å². The molecule has 0 saturated heterocycles. The monoisotopic (exact) mass is 342 g/mol. The number of hydrogen-bond acceptors (Lipinski definition) is 6. The van der Waals surface area contributed by atoms with E-state index in [2.05, 4.69) is 13.2 Å². The van der Waals surface area contributed by atoms with Gasteiger partial charge < -0.3 is 18.9 Å². The van der Waals surface area contributed by atoms with Crippen molar-refractivity contribution in [2.75, 3.05) is 26.4 Å².